The van der Waals surface area contributed by atoms with Gasteiger partial charge in [0.25, 0.3) is 0 Å². The molecular weight excluding hydrogens is 474 g/mol. The fourth-order valence-corrected chi connectivity index (χ4v) is 5.14. The van der Waals surface area contributed by atoms with E-state index in [1.165, 1.54) is 0 Å². The summed E-state index contributed by atoms with van der Waals surface area (Å²) >= 11 is 0. The van der Waals surface area contributed by atoms with Gasteiger partial charge in [-0.05, 0) is 21.7 Å². The number of carbonyl (C=O) groups excluding carboxylic acids is 1. The van der Waals surface area contributed by atoms with E-state index in [-0.39, 0.29) is 23.8 Å². The molecule has 0 fully saturated rings. The Balaban J connectivity index is 1.98. The van der Waals surface area contributed by atoms with E-state index in [0.29, 0.717) is 0 Å². The Morgan fingerprint density at radius 2 is 1.22 bits per heavy atom. The molecule has 3 aromatic carbocycles. The molecule has 0 unspecified atom stereocenters. The number of carboxylic acid groups (broad SMARTS) is 1. The van der Waals surface area contributed by atoms with Gasteiger partial charge in [0.15, 0.2) is 0 Å². The van der Waals surface area contributed by atoms with Crippen LogP contribution in [0.2, 0.25) is 18.1 Å². The molecule has 37 heavy (non-hydrogen) atoms. The van der Waals surface area contributed by atoms with Crippen LogP contribution in [0.15, 0.2) is 91.0 Å². The summed E-state index contributed by atoms with van der Waals surface area (Å²) in [6.45, 7) is 10.9. The van der Waals surface area contributed by atoms with Crippen LogP contribution < -0.4 is 5.32 Å². The first kappa shape index (κ1) is 28.0. The van der Waals surface area contributed by atoms with Crippen LogP contribution in [0.4, 0.5) is 0 Å². The van der Waals surface area contributed by atoms with Crippen LogP contribution in [0.5, 0.6) is 0 Å². The lowest BCUT2D eigenvalue weighted by molar-refractivity contribution is -0.141. The molecule has 0 aromatic heterocycles. The second kappa shape index (κ2) is 11.6. The number of carbonyl (C=O) groups is 2. The molecule has 5 heteroatoms. The fourth-order valence-electron chi connectivity index (χ4n) is 4.22. The lowest BCUT2D eigenvalue weighted by Gasteiger charge is -2.36. The second-order valence-corrected chi connectivity index (χ2v) is 16.0. The monoisotopic (exact) mass is 511 g/mol. The number of carboxylic acids is 1. The molecule has 0 radical (unpaired) electrons. The molecule has 0 saturated carbocycles. The third-order valence-electron chi connectivity index (χ3n) is 7.44. The Bertz CT molecular complexity index is 1160. The van der Waals surface area contributed by atoms with Crippen molar-refractivity contribution in [1.82, 2.24) is 5.32 Å². The quantitative estimate of drug-likeness (QED) is 0.208. The van der Waals surface area contributed by atoms with Crippen LogP contribution in [0.1, 0.15) is 50.3 Å². The first-order chi connectivity index (χ1) is 17.5. The molecule has 0 spiro atoms. The smallest absolute Gasteiger partial charge is 0.327 e. The summed E-state index contributed by atoms with van der Waals surface area (Å²) in [4.78, 5) is 25.7. The van der Waals surface area contributed by atoms with Gasteiger partial charge in [0.05, 0.1) is 5.41 Å². The zero-order valence-electron chi connectivity index (χ0n) is 22.4. The largest absolute Gasteiger partial charge is 0.480 e. The molecule has 1 atom stereocenters. The van der Waals surface area contributed by atoms with Crippen LogP contribution in [0, 0.1) is 11.5 Å². The van der Waals surface area contributed by atoms with E-state index in [0.717, 1.165) is 16.7 Å². The second-order valence-electron chi connectivity index (χ2n) is 11.0. The lowest BCUT2D eigenvalue weighted by atomic mass is 9.67. The Labute approximate surface area is 222 Å². The summed E-state index contributed by atoms with van der Waals surface area (Å²) in [6, 6.07) is 28.7. The van der Waals surface area contributed by atoms with Gasteiger partial charge in [0.2, 0.25) is 5.91 Å². The predicted octanol–water partition coefficient (Wildman–Crippen LogP) is 6.42. The van der Waals surface area contributed by atoms with Gasteiger partial charge in [-0.3, -0.25) is 4.79 Å². The van der Waals surface area contributed by atoms with E-state index in [1.807, 2.05) is 91.0 Å². The van der Waals surface area contributed by atoms with Crippen molar-refractivity contribution in [2.45, 2.75) is 63.2 Å². The van der Waals surface area contributed by atoms with E-state index in [2.05, 4.69) is 50.6 Å². The number of benzene rings is 3. The summed E-state index contributed by atoms with van der Waals surface area (Å²) in [7, 11) is -1.88. The van der Waals surface area contributed by atoms with E-state index >= 15 is 0 Å². The average Bonchev–Trinajstić information content (AvgIpc) is 2.87. The van der Waals surface area contributed by atoms with E-state index in [9.17, 15) is 14.7 Å². The topological polar surface area (TPSA) is 66.4 Å². The minimum Gasteiger partial charge on any atom is -0.480 e. The van der Waals surface area contributed by atoms with Gasteiger partial charge in [-0.15, -0.1) is 11.5 Å². The molecule has 1 amide bonds. The molecule has 0 saturated heterocycles. The zero-order valence-corrected chi connectivity index (χ0v) is 23.4. The average molecular weight is 512 g/mol. The summed E-state index contributed by atoms with van der Waals surface area (Å²) < 4.78 is 0. The van der Waals surface area contributed by atoms with Crippen molar-refractivity contribution in [3.63, 3.8) is 0 Å². The third kappa shape index (κ3) is 6.58. The normalized spacial score (nSPS) is 12.7. The van der Waals surface area contributed by atoms with E-state index < -0.39 is 25.5 Å². The maximum absolute atomic E-state index is 13.6. The summed E-state index contributed by atoms with van der Waals surface area (Å²) in [5.41, 5.74) is 5.46. The molecule has 3 rings (SSSR count). The highest BCUT2D eigenvalue weighted by Gasteiger charge is 2.39. The van der Waals surface area contributed by atoms with Crippen molar-refractivity contribution in [1.29, 1.82) is 0 Å². The van der Waals surface area contributed by atoms with Gasteiger partial charge >= 0.3 is 5.97 Å². The number of hydrogen-bond donors (Lipinski definition) is 2. The van der Waals surface area contributed by atoms with Gasteiger partial charge in [0, 0.05) is 12.8 Å². The summed E-state index contributed by atoms with van der Waals surface area (Å²) in [6.07, 6.45) is 0.132. The van der Waals surface area contributed by atoms with E-state index in [1.54, 1.807) is 0 Å². The van der Waals surface area contributed by atoms with E-state index in [4.69, 9.17) is 0 Å². The van der Waals surface area contributed by atoms with Gasteiger partial charge < -0.3 is 10.4 Å². The Morgan fingerprint density at radius 3 is 1.57 bits per heavy atom. The van der Waals surface area contributed by atoms with Gasteiger partial charge in [-0.2, -0.15) is 0 Å². The van der Waals surface area contributed by atoms with Crippen molar-refractivity contribution < 1.29 is 14.7 Å². The maximum atomic E-state index is 13.6. The summed E-state index contributed by atoms with van der Waals surface area (Å²) in [5.74, 6) is 1.68. The molecule has 2 N–H and O–H groups in total. The van der Waals surface area contributed by atoms with Crippen molar-refractivity contribution in [2.75, 3.05) is 0 Å². The SMILES string of the molecule is CC(C)(C)[Si](C)(C)C#CC[C@@H](NC(=O)CC(c1ccccc1)(c1ccccc1)c1ccccc1)C(=O)O. The number of amides is 1. The van der Waals surface area contributed by atoms with Crippen molar-refractivity contribution >= 4 is 20.0 Å². The van der Waals surface area contributed by atoms with Crippen LogP contribution in [0.25, 0.3) is 0 Å². The van der Waals surface area contributed by atoms with Gasteiger partial charge in [-0.25, -0.2) is 4.79 Å². The Morgan fingerprint density at radius 1 is 0.811 bits per heavy atom. The predicted molar refractivity (Wildman–Crippen MR) is 153 cm³/mol. The highest BCUT2D eigenvalue weighted by molar-refractivity contribution is 6.87. The highest BCUT2D eigenvalue weighted by Crippen LogP contribution is 2.42. The highest BCUT2D eigenvalue weighted by atomic mass is 28.3. The number of hydrogen-bond acceptors (Lipinski definition) is 2. The molecule has 0 heterocycles. The molecule has 0 bridgehead atoms. The molecule has 0 aliphatic rings. The molecular formula is C32H37NO3Si. The van der Waals surface area contributed by atoms with Crippen molar-refractivity contribution in [3.05, 3.63) is 108 Å². The summed E-state index contributed by atoms with van der Waals surface area (Å²) in [5, 5.41) is 12.7. The number of nitrogens with one attached hydrogen (secondary N) is 1. The lowest BCUT2D eigenvalue weighted by Crippen LogP contribution is -2.44. The van der Waals surface area contributed by atoms with Crippen LogP contribution >= 0.6 is 0 Å². The number of aliphatic carboxylic acids is 1. The fraction of sp³-hybridized carbons (Fsp3) is 0.312. The molecule has 3 aromatic rings. The Kier molecular flexibility index (Phi) is 8.78. The van der Waals surface area contributed by atoms with Gasteiger partial charge in [0.1, 0.15) is 14.1 Å². The third-order valence-corrected chi connectivity index (χ3v) is 12.0. The molecule has 0 aliphatic carbocycles. The number of rotatable bonds is 8. The molecule has 0 aliphatic heterocycles. The van der Waals surface area contributed by atoms with Crippen molar-refractivity contribution in [3.8, 4) is 11.5 Å². The minimum absolute atomic E-state index is 0.0600. The Hall–Kier alpha value is -3.62. The molecule has 192 valence electrons. The maximum Gasteiger partial charge on any atom is 0.327 e. The van der Waals surface area contributed by atoms with Gasteiger partial charge in [-0.1, -0.05) is 125 Å². The van der Waals surface area contributed by atoms with Crippen molar-refractivity contribution in [2.24, 2.45) is 0 Å². The minimum atomic E-state index is -1.88. The molecule has 4 nitrogen and oxygen atoms in total. The first-order valence-electron chi connectivity index (χ1n) is 12.7. The zero-order chi connectivity index (χ0) is 27.1. The van der Waals surface area contributed by atoms with Crippen LogP contribution in [-0.4, -0.2) is 31.1 Å². The van der Waals surface area contributed by atoms with Crippen LogP contribution in [0.3, 0.4) is 0 Å². The first-order valence-corrected chi connectivity index (χ1v) is 15.7. The van der Waals surface area contributed by atoms with Crippen LogP contribution in [-0.2, 0) is 15.0 Å². The standard InChI is InChI=1S/C32H37NO3Si/c1-31(2,3)37(4,5)23-15-22-28(30(35)36)33-29(34)24-32(25-16-9-6-10-17-25,26-18-11-7-12-19-26)27-20-13-8-14-21-27/h6-14,16-21,28H,22,24H2,1-5H3,(H,33,34)(H,35,36)/t28-/m1/s1.